The topological polar surface area (TPSA) is 62.7 Å². The molecule has 0 spiro atoms. The van der Waals surface area contributed by atoms with Crippen LogP contribution < -0.4 is 4.74 Å². The second-order valence-electron chi connectivity index (χ2n) is 9.00. The molecule has 2 heterocycles. The highest BCUT2D eigenvalue weighted by atomic mass is 35.5. The molecule has 3 aromatic rings. The summed E-state index contributed by atoms with van der Waals surface area (Å²) in [5.41, 5.74) is 3.44. The number of nitrogens with zero attached hydrogens (tertiary/aromatic N) is 2. The predicted octanol–water partition coefficient (Wildman–Crippen LogP) is 4.76. The molecular formula is C27H28ClFN2O3. The Morgan fingerprint density at radius 2 is 2.03 bits per heavy atom. The van der Waals surface area contributed by atoms with Crippen LogP contribution in [0.25, 0.3) is 0 Å². The molecule has 1 unspecified atom stereocenters. The second kappa shape index (κ2) is 10.5. The zero-order valence-electron chi connectivity index (χ0n) is 19.1. The van der Waals surface area contributed by atoms with Gasteiger partial charge in [0.15, 0.2) is 0 Å². The molecule has 34 heavy (non-hydrogen) atoms. The molecule has 1 atom stereocenters. The van der Waals surface area contributed by atoms with Crippen molar-refractivity contribution in [3.8, 4) is 5.75 Å². The molecule has 0 saturated heterocycles. The lowest BCUT2D eigenvalue weighted by atomic mass is 9.91. The number of ether oxygens (including phenoxy) is 1. The van der Waals surface area contributed by atoms with Crippen LogP contribution in [0.1, 0.15) is 35.6 Å². The Labute approximate surface area is 204 Å². The van der Waals surface area contributed by atoms with Gasteiger partial charge in [0.05, 0.1) is 11.6 Å². The summed E-state index contributed by atoms with van der Waals surface area (Å²) in [6, 6.07) is 14.6. The Morgan fingerprint density at radius 3 is 2.76 bits per heavy atom. The van der Waals surface area contributed by atoms with Crippen LogP contribution in [0, 0.1) is 5.82 Å². The Balaban J connectivity index is 1.37. The molecule has 0 aliphatic carbocycles. The average molecular weight is 483 g/mol. The number of halogens is 2. The third-order valence-electron chi connectivity index (χ3n) is 6.05. The number of rotatable bonds is 9. The number of hydrogen-bond donors (Lipinski definition) is 1. The number of aryl methyl sites for hydroxylation is 1. The Morgan fingerprint density at radius 1 is 1.21 bits per heavy atom. The third kappa shape index (κ3) is 5.93. The molecule has 0 bridgehead atoms. The maximum atomic E-state index is 13.9. The van der Waals surface area contributed by atoms with Gasteiger partial charge in [-0.05, 0) is 59.9 Å². The molecule has 5 nitrogen and oxygen atoms in total. The summed E-state index contributed by atoms with van der Waals surface area (Å²) < 4.78 is 20.1. The van der Waals surface area contributed by atoms with Crippen molar-refractivity contribution in [2.45, 2.75) is 44.8 Å². The minimum absolute atomic E-state index is 0.00995. The molecule has 4 rings (SSSR count). The van der Waals surface area contributed by atoms with E-state index in [0.717, 1.165) is 28.0 Å². The van der Waals surface area contributed by atoms with E-state index < -0.39 is 11.4 Å². The van der Waals surface area contributed by atoms with Gasteiger partial charge in [-0.1, -0.05) is 35.9 Å². The number of pyridine rings is 1. The minimum Gasteiger partial charge on any atom is -0.487 e. The lowest BCUT2D eigenvalue weighted by molar-refractivity contribution is -0.132. The highest BCUT2D eigenvalue weighted by molar-refractivity contribution is 6.30. The van der Waals surface area contributed by atoms with Gasteiger partial charge in [0.1, 0.15) is 17.2 Å². The molecule has 0 radical (unpaired) electrons. The van der Waals surface area contributed by atoms with Gasteiger partial charge >= 0.3 is 0 Å². The van der Waals surface area contributed by atoms with Crippen LogP contribution in [0.2, 0.25) is 5.02 Å². The van der Waals surface area contributed by atoms with E-state index in [4.69, 9.17) is 16.3 Å². The SMILES string of the molecule is CC1(Cc2ccc(Cl)c(F)c2)Cc2cc(CCC(=O)N(CCO)Cc3cccnc3)ccc2O1. The lowest BCUT2D eigenvalue weighted by Crippen LogP contribution is -2.33. The van der Waals surface area contributed by atoms with E-state index in [0.29, 0.717) is 32.2 Å². The highest BCUT2D eigenvalue weighted by Gasteiger charge is 2.35. The van der Waals surface area contributed by atoms with Gasteiger partial charge < -0.3 is 14.7 Å². The van der Waals surface area contributed by atoms with Gasteiger partial charge in [-0.15, -0.1) is 0 Å². The number of aliphatic hydroxyl groups excluding tert-OH is 1. The van der Waals surface area contributed by atoms with Crippen molar-refractivity contribution in [2.75, 3.05) is 13.2 Å². The molecule has 1 N–H and O–H groups in total. The molecule has 178 valence electrons. The quantitative estimate of drug-likeness (QED) is 0.477. The summed E-state index contributed by atoms with van der Waals surface area (Å²) in [6.07, 6.45) is 5.63. The van der Waals surface area contributed by atoms with Crippen LogP contribution in [0.4, 0.5) is 4.39 Å². The number of benzene rings is 2. The number of carbonyl (C=O) groups is 1. The number of amides is 1. The minimum atomic E-state index is -0.474. The first kappa shape index (κ1) is 24.2. The van der Waals surface area contributed by atoms with Crippen LogP contribution in [-0.2, 0) is 30.6 Å². The van der Waals surface area contributed by atoms with E-state index in [1.807, 2.05) is 37.3 Å². The fraction of sp³-hybridized carbons (Fsp3) is 0.333. The highest BCUT2D eigenvalue weighted by Crippen LogP contribution is 2.38. The molecule has 1 aliphatic heterocycles. The Hall–Kier alpha value is -2.96. The van der Waals surface area contributed by atoms with Crippen molar-refractivity contribution in [3.63, 3.8) is 0 Å². The van der Waals surface area contributed by atoms with Gasteiger partial charge in [-0.25, -0.2) is 4.39 Å². The standard InChI is InChI=1S/C27H28ClFN2O3/c1-27(15-20-4-7-23(28)24(29)14-20)16-22-13-19(5-8-25(22)34-27)6-9-26(33)31(11-12-32)18-21-3-2-10-30-17-21/h2-5,7-8,10,13-14,17,32H,6,9,11-12,15-16,18H2,1H3. The number of carbonyl (C=O) groups excluding carboxylic acids is 1. The van der Waals surface area contributed by atoms with Crippen LogP contribution in [0.15, 0.2) is 60.9 Å². The number of hydrogen-bond acceptors (Lipinski definition) is 4. The molecule has 1 aliphatic rings. The summed E-state index contributed by atoms with van der Waals surface area (Å²) in [7, 11) is 0. The maximum absolute atomic E-state index is 13.9. The van der Waals surface area contributed by atoms with E-state index in [9.17, 15) is 14.3 Å². The molecule has 1 aromatic heterocycles. The summed E-state index contributed by atoms with van der Waals surface area (Å²) >= 11 is 5.80. The zero-order chi connectivity index (χ0) is 24.1. The van der Waals surface area contributed by atoms with Gasteiger partial charge in [0, 0.05) is 44.7 Å². The van der Waals surface area contributed by atoms with Crippen molar-refractivity contribution in [1.82, 2.24) is 9.88 Å². The summed E-state index contributed by atoms with van der Waals surface area (Å²) in [5.74, 6) is 0.388. The van der Waals surface area contributed by atoms with E-state index in [-0.39, 0.29) is 24.1 Å². The molecular weight excluding hydrogens is 455 g/mol. The second-order valence-corrected chi connectivity index (χ2v) is 9.40. The zero-order valence-corrected chi connectivity index (χ0v) is 19.9. The monoisotopic (exact) mass is 482 g/mol. The van der Waals surface area contributed by atoms with E-state index in [1.54, 1.807) is 23.4 Å². The Kier molecular flexibility index (Phi) is 7.49. The number of aliphatic hydroxyl groups is 1. The summed E-state index contributed by atoms with van der Waals surface area (Å²) in [6.45, 7) is 2.65. The first-order valence-electron chi connectivity index (χ1n) is 11.4. The fourth-order valence-electron chi connectivity index (χ4n) is 4.44. The smallest absolute Gasteiger partial charge is 0.223 e. The van der Waals surface area contributed by atoms with Crippen LogP contribution >= 0.6 is 11.6 Å². The number of aromatic nitrogens is 1. The molecule has 2 aromatic carbocycles. The maximum Gasteiger partial charge on any atom is 0.223 e. The summed E-state index contributed by atoms with van der Waals surface area (Å²) in [4.78, 5) is 18.6. The summed E-state index contributed by atoms with van der Waals surface area (Å²) in [5, 5.41) is 9.50. The van der Waals surface area contributed by atoms with Crippen molar-refractivity contribution >= 4 is 17.5 Å². The first-order valence-corrected chi connectivity index (χ1v) is 11.8. The average Bonchev–Trinajstić information content (AvgIpc) is 3.15. The van der Waals surface area contributed by atoms with E-state index in [1.165, 1.54) is 6.07 Å². The van der Waals surface area contributed by atoms with Crippen LogP contribution in [0.5, 0.6) is 5.75 Å². The molecule has 1 amide bonds. The third-order valence-corrected chi connectivity index (χ3v) is 6.36. The van der Waals surface area contributed by atoms with Crippen molar-refractivity contribution in [2.24, 2.45) is 0 Å². The van der Waals surface area contributed by atoms with Crippen LogP contribution in [-0.4, -0.2) is 39.7 Å². The van der Waals surface area contributed by atoms with Gasteiger partial charge in [0.2, 0.25) is 5.91 Å². The number of fused-ring (bicyclic) bond motifs is 1. The largest absolute Gasteiger partial charge is 0.487 e. The van der Waals surface area contributed by atoms with Gasteiger partial charge in [-0.3, -0.25) is 9.78 Å². The Bertz CT molecular complexity index is 1160. The van der Waals surface area contributed by atoms with Gasteiger partial charge in [0.25, 0.3) is 0 Å². The normalized spacial score (nSPS) is 16.7. The first-order chi connectivity index (χ1) is 16.3. The molecule has 0 saturated carbocycles. The van der Waals surface area contributed by atoms with Gasteiger partial charge in [-0.2, -0.15) is 0 Å². The van der Waals surface area contributed by atoms with Crippen molar-refractivity contribution in [1.29, 1.82) is 0 Å². The fourth-order valence-corrected chi connectivity index (χ4v) is 4.56. The molecule has 0 fully saturated rings. The lowest BCUT2D eigenvalue weighted by Gasteiger charge is -2.24. The van der Waals surface area contributed by atoms with E-state index >= 15 is 0 Å². The predicted molar refractivity (Wildman–Crippen MR) is 129 cm³/mol. The van der Waals surface area contributed by atoms with Crippen molar-refractivity contribution in [3.05, 3.63) is 94.0 Å². The van der Waals surface area contributed by atoms with E-state index in [2.05, 4.69) is 11.1 Å². The van der Waals surface area contributed by atoms with Crippen molar-refractivity contribution < 1.29 is 19.0 Å². The molecule has 7 heteroatoms. The van der Waals surface area contributed by atoms with Crippen LogP contribution in [0.3, 0.4) is 0 Å².